The third-order valence-corrected chi connectivity index (χ3v) is 6.51. The minimum Gasteiger partial charge on any atom is -0.335 e. The molecule has 4 rings (SSSR count). The van der Waals surface area contributed by atoms with Gasteiger partial charge in [-0.3, -0.25) is 4.79 Å². The number of nitrogens with zero attached hydrogens (tertiary/aromatic N) is 4. The zero-order chi connectivity index (χ0) is 24.6. The number of carbonyl (C=O) groups excluding carboxylic acids is 1. The molecule has 0 saturated heterocycles. The number of benzene rings is 2. The molecule has 1 aliphatic rings. The van der Waals surface area contributed by atoms with Gasteiger partial charge in [-0.15, -0.1) is 17.5 Å². The van der Waals surface area contributed by atoms with Gasteiger partial charge in [-0.1, -0.05) is 17.3 Å². The number of fused-ring (bicyclic) bond motifs is 1. The van der Waals surface area contributed by atoms with E-state index >= 15 is 0 Å². The maximum atomic E-state index is 13.9. The molecular weight excluding hydrogens is 509 g/mol. The largest absolute Gasteiger partial charge is 0.335 e. The summed E-state index contributed by atoms with van der Waals surface area (Å²) in [6.07, 6.45) is -0.262. The molecule has 0 fully saturated rings. The Balaban J connectivity index is 0.00000342. The molecule has 9 nitrogen and oxygen atoms in total. The Labute approximate surface area is 205 Å². The molecule has 1 aliphatic heterocycles. The van der Waals surface area contributed by atoms with Gasteiger partial charge in [0.15, 0.2) is 11.6 Å². The lowest BCUT2D eigenvalue weighted by atomic mass is 10.0. The smallest absolute Gasteiger partial charge is 0.238 e. The van der Waals surface area contributed by atoms with Gasteiger partial charge in [0, 0.05) is 30.6 Å². The molecule has 1 aromatic heterocycles. The molecule has 0 unspecified atom stereocenters. The predicted molar refractivity (Wildman–Crippen MR) is 122 cm³/mol. The topological polar surface area (TPSA) is 137 Å². The van der Waals surface area contributed by atoms with Gasteiger partial charge < -0.3 is 10.6 Å². The van der Waals surface area contributed by atoms with Gasteiger partial charge in [0.1, 0.15) is 11.5 Å². The first-order valence-corrected chi connectivity index (χ1v) is 11.8. The van der Waals surface area contributed by atoms with E-state index in [2.05, 4.69) is 10.3 Å². The second-order valence-corrected chi connectivity index (χ2v) is 9.58. The summed E-state index contributed by atoms with van der Waals surface area (Å²) in [6, 6.07) is 6.22. The highest BCUT2D eigenvalue weighted by molar-refractivity contribution is 7.89. The number of sulfonamides is 1. The van der Waals surface area contributed by atoms with Gasteiger partial charge in [0.2, 0.25) is 15.9 Å². The third-order valence-electron chi connectivity index (χ3n) is 5.58. The number of amides is 1. The zero-order valence-electron chi connectivity index (χ0n) is 18.2. The molecule has 0 bridgehead atoms. The van der Waals surface area contributed by atoms with Crippen molar-refractivity contribution in [1.82, 2.24) is 19.9 Å². The summed E-state index contributed by atoms with van der Waals surface area (Å²) in [5.74, 6) is -3.69. The minimum atomic E-state index is -3.84. The molecule has 188 valence electrons. The van der Waals surface area contributed by atoms with E-state index in [1.165, 1.54) is 12.1 Å². The lowest BCUT2D eigenvalue weighted by molar-refractivity contribution is -0.133. The molecule has 2 aromatic carbocycles. The summed E-state index contributed by atoms with van der Waals surface area (Å²) in [4.78, 5) is 14.3. The van der Waals surface area contributed by atoms with Gasteiger partial charge in [-0.25, -0.2) is 31.4 Å². The van der Waals surface area contributed by atoms with Crippen molar-refractivity contribution >= 4 is 28.3 Å². The minimum absolute atomic E-state index is 0. The van der Waals surface area contributed by atoms with E-state index in [0.29, 0.717) is 36.1 Å². The molecule has 0 aliphatic carbocycles. The van der Waals surface area contributed by atoms with E-state index in [9.17, 15) is 26.4 Å². The van der Waals surface area contributed by atoms with Crippen molar-refractivity contribution < 1.29 is 26.4 Å². The maximum Gasteiger partial charge on any atom is 0.238 e. The van der Waals surface area contributed by atoms with Gasteiger partial charge in [-0.2, -0.15) is 0 Å². The van der Waals surface area contributed by atoms with E-state index in [0.717, 1.165) is 6.07 Å². The first-order chi connectivity index (χ1) is 16.0. The Bertz CT molecular complexity index is 1350. The fraction of sp³-hybridized carbons (Fsp3) is 0.286. The molecule has 35 heavy (non-hydrogen) atoms. The fourth-order valence-corrected chi connectivity index (χ4v) is 4.33. The van der Waals surface area contributed by atoms with Crippen LogP contribution in [0.25, 0.3) is 11.3 Å². The normalized spacial score (nSPS) is 14.3. The van der Waals surface area contributed by atoms with Crippen molar-refractivity contribution in [3.8, 4) is 11.3 Å². The number of nitrogens with two attached hydrogens (primary N) is 2. The van der Waals surface area contributed by atoms with Gasteiger partial charge >= 0.3 is 0 Å². The first-order valence-electron chi connectivity index (χ1n) is 10.3. The Hall–Kier alpha value is -3.00. The number of halogens is 4. The monoisotopic (exact) mass is 530 g/mol. The van der Waals surface area contributed by atoms with E-state index < -0.39 is 33.5 Å². The highest BCUT2D eigenvalue weighted by Crippen LogP contribution is 2.26. The molecule has 4 N–H and O–H groups in total. The second kappa shape index (κ2) is 10.3. The summed E-state index contributed by atoms with van der Waals surface area (Å²) in [5, 5.41) is 13.4. The molecule has 0 saturated carbocycles. The number of rotatable bonds is 6. The van der Waals surface area contributed by atoms with Crippen LogP contribution in [-0.4, -0.2) is 46.8 Å². The Morgan fingerprint density at radius 3 is 2.37 bits per heavy atom. The van der Waals surface area contributed by atoms with Crippen molar-refractivity contribution in [2.75, 3.05) is 6.54 Å². The summed E-state index contributed by atoms with van der Waals surface area (Å²) in [5.41, 5.74) is 7.64. The van der Waals surface area contributed by atoms with Crippen molar-refractivity contribution in [2.45, 2.75) is 36.9 Å². The molecule has 0 spiro atoms. The number of primary sulfonamides is 1. The molecular formula is C21H22ClF3N6O3S. The van der Waals surface area contributed by atoms with E-state index in [1.807, 2.05) is 0 Å². The van der Waals surface area contributed by atoms with Crippen LogP contribution in [0, 0.1) is 17.5 Å². The fourth-order valence-electron chi connectivity index (χ4n) is 3.81. The Morgan fingerprint density at radius 1 is 1.06 bits per heavy atom. The molecule has 3 aromatic rings. The van der Waals surface area contributed by atoms with Crippen LogP contribution in [0.1, 0.15) is 17.7 Å². The first kappa shape index (κ1) is 26.6. The van der Waals surface area contributed by atoms with Crippen LogP contribution in [0.5, 0.6) is 0 Å². The van der Waals surface area contributed by atoms with Crippen molar-refractivity contribution in [2.24, 2.45) is 10.9 Å². The highest BCUT2D eigenvalue weighted by Gasteiger charge is 2.27. The third kappa shape index (κ3) is 5.81. The predicted octanol–water partition coefficient (Wildman–Crippen LogP) is 1.73. The van der Waals surface area contributed by atoms with E-state index in [1.54, 1.807) is 21.7 Å². The van der Waals surface area contributed by atoms with Crippen LogP contribution in [0.15, 0.2) is 41.3 Å². The average molecular weight is 531 g/mol. The van der Waals surface area contributed by atoms with Gasteiger partial charge in [0.05, 0.1) is 23.7 Å². The second-order valence-electron chi connectivity index (χ2n) is 8.02. The van der Waals surface area contributed by atoms with E-state index in [4.69, 9.17) is 10.9 Å². The summed E-state index contributed by atoms with van der Waals surface area (Å²) in [7, 11) is -3.84. The zero-order valence-corrected chi connectivity index (χ0v) is 19.8. The lowest BCUT2D eigenvalue weighted by Crippen LogP contribution is -2.41. The maximum absolute atomic E-state index is 13.9. The van der Waals surface area contributed by atoms with Crippen LogP contribution >= 0.6 is 12.4 Å². The molecule has 0 radical (unpaired) electrons. The summed E-state index contributed by atoms with van der Waals surface area (Å²) in [6.45, 7) is 0.923. The van der Waals surface area contributed by atoms with Gasteiger partial charge in [-0.05, 0) is 30.2 Å². The molecule has 1 atom stereocenters. The number of aromatic nitrogens is 3. The standard InChI is InChI=1S/C21H21F3N6O3S.ClH/c22-16-10-18(24)17(23)8-13(16)7-14(25)9-20(31)29-5-6-30-19(11-29)21(27-28-30)12-1-3-15(4-2-12)34(26,32)33;/h1-4,8,10,14H,5-7,9,11,25H2,(H2,26,32,33);1H/t14-;/m1./s1. The average Bonchev–Trinajstić information content (AvgIpc) is 3.20. The van der Waals surface area contributed by atoms with Gasteiger partial charge in [0.25, 0.3) is 0 Å². The quantitative estimate of drug-likeness (QED) is 0.466. The molecule has 14 heteroatoms. The SMILES string of the molecule is Cl.N[C@@H](CC(=O)N1CCn2nnc(-c3ccc(S(N)(=O)=O)cc3)c2C1)Cc1cc(F)c(F)cc1F. The van der Waals surface area contributed by atoms with Crippen LogP contribution < -0.4 is 10.9 Å². The summed E-state index contributed by atoms with van der Waals surface area (Å²) < 4.78 is 65.0. The summed E-state index contributed by atoms with van der Waals surface area (Å²) >= 11 is 0. The molecule has 1 amide bonds. The van der Waals surface area contributed by atoms with Crippen LogP contribution in [0.4, 0.5) is 13.2 Å². The number of hydrogen-bond donors (Lipinski definition) is 2. The lowest BCUT2D eigenvalue weighted by Gasteiger charge is -2.28. The van der Waals surface area contributed by atoms with E-state index in [-0.39, 0.29) is 48.2 Å². The van der Waals surface area contributed by atoms with Crippen molar-refractivity contribution in [3.63, 3.8) is 0 Å². The van der Waals surface area contributed by atoms with Crippen LogP contribution in [0.3, 0.4) is 0 Å². The van der Waals surface area contributed by atoms with Crippen molar-refractivity contribution in [1.29, 1.82) is 0 Å². The van der Waals surface area contributed by atoms with Crippen LogP contribution in [0.2, 0.25) is 0 Å². The number of hydrogen-bond acceptors (Lipinski definition) is 6. The Morgan fingerprint density at radius 2 is 1.71 bits per heavy atom. The Kier molecular flexibility index (Phi) is 7.84. The van der Waals surface area contributed by atoms with Crippen LogP contribution in [-0.2, 0) is 34.3 Å². The highest BCUT2D eigenvalue weighted by atomic mass is 35.5. The van der Waals surface area contributed by atoms with Crippen molar-refractivity contribution in [3.05, 3.63) is 65.1 Å². The number of carbonyl (C=O) groups is 1. The molecule has 2 heterocycles.